The lowest BCUT2D eigenvalue weighted by molar-refractivity contribution is 0.315. The second kappa shape index (κ2) is 5.67. The van der Waals surface area contributed by atoms with E-state index in [4.69, 9.17) is 0 Å². The smallest absolute Gasteiger partial charge is 0.128 e. The minimum absolute atomic E-state index is 0.374. The molecule has 1 N–H and O–H groups in total. The van der Waals surface area contributed by atoms with Crippen molar-refractivity contribution in [3.63, 3.8) is 0 Å². The summed E-state index contributed by atoms with van der Waals surface area (Å²) < 4.78 is 0. The Kier molecular flexibility index (Phi) is 4.19. The van der Waals surface area contributed by atoms with Gasteiger partial charge in [-0.15, -0.1) is 0 Å². The summed E-state index contributed by atoms with van der Waals surface area (Å²) in [4.78, 5) is 9.20. The average molecular weight is 248 g/mol. The van der Waals surface area contributed by atoms with Crippen molar-refractivity contribution in [2.75, 3.05) is 39.1 Å². The summed E-state index contributed by atoms with van der Waals surface area (Å²) in [6, 6.07) is 5.32. The second-order valence-corrected chi connectivity index (χ2v) is 5.31. The van der Waals surface area contributed by atoms with Gasteiger partial charge in [0.15, 0.2) is 0 Å². The Labute approximate surface area is 110 Å². The van der Waals surface area contributed by atoms with Crippen LogP contribution in [-0.4, -0.2) is 50.2 Å². The Morgan fingerprint density at radius 3 is 2.89 bits per heavy atom. The summed E-state index contributed by atoms with van der Waals surface area (Å²) >= 11 is 0. The van der Waals surface area contributed by atoms with Crippen molar-refractivity contribution >= 4 is 5.82 Å². The van der Waals surface area contributed by atoms with Gasteiger partial charge in [0.05, 0.1) is 0 Å². The van der Waals surface area contributed by atoms with E-state index in [1.165, 1.54) is 12.0 Å². The van der Waals surface area contributed by atoms with Crippen molar-refractivity contribution in [3.8, 4) is 0 Å². The Balaban J connectivity index is 2.10. The van der Waals surface area contributed by atoms with Gasteiger partial charge < -0.3 is 15.1 Å². The monoisotopic (exact) mass is 248 g/mol. The maximum absolute atomic E-state index is 4.51. The summed E-state index contributed by atoms with van der Waals surface area (Å²) in [5, 5.41) is 3.27. The summed E-state index contributed by atoms with van der Waals surface area (Å²) in [7, 11) is 6.30. The van der Waals surface area contributed by atoms with Gasteiger partial charge in [-0.25, -0.2) is 4.98 Å². The number of aromatic nitrogens is 1. The van der Waals surface area contributed by atoms with E-state index in [-0.39, 0.29) is 0 Å². The first-order valence-electron chi connectivity index (χ1n) is 6.66. The standard InChI is InChI=1S/C14H24N4/c1-11(15-2)12-5-7-16-14(9-12)18-8-6-13(10-18)17(3)4/h5,7,9,11,13,15H,6,8,10H2,1-4H3. The number of anilines is 1. The van der Waals surface area contributed by atoms with Crippen LogP contribution in [0.4, 0.5) is 5.82 Å². The molecule has 2 rings (SSSR count). The third kappa shape index (κ3) is 2.82. The van der Waals surface area contributed by atoms with Crippen molar-refractivity contribution in [2.45, 2.75) is 25.4 Å². The summed E-state index contributed by atoms with van der Waals surface area (Å²) in [5.74, 6) is 1.11. The molecule has 0 radical (unpaired) electrons. The van der Waals surface area contributed by atoms with E-state index in [1.807, 2.05) is 13.2 Å². The summed E-state index contributed by atoms with van der Waals surface area (Å²) in [6.07, 6.45) is 3.14. The molecular weight excluding hydrogens is 224 g/mol. The van der Waals surface area contributed by atoms with Crippen LogP contribution in [0.1, 0.15) is 24.9 Å². The van der Waals surface area contributed by atoms with Gasteiger partial charge in [-0.05, 0) is 52.2 Å². The molecule has 1 aliphatic heterocycles. The average Bonchev–Trinajstić information content (AvgIpc) is 2.88. The number of pyridine rings is 1. The molecule has 0 aromatic carbocycles. The lowest BCUT2D eigenvalue weighted by atomic mass is 10.1. The fraction of sp³-hybridized carbons (Fsp3) is 0.643. The lowest BCUT2D eigenvalue weighted by Gasteiger charge is -2.22. The molecule has 1 aromatic heterocycles. The van der Waals surface area contributed by atoms with Crippen LogP contribution in [0.3, 0.4) is 0 Å². The van der Waals surface area contributed by atoms with Gasteiger partial charge >= 0.3 is 0 Å². The molecule has 0 spiro atoms. The van der Waals surface area contributed by atoms with E-state index in [2.05, 4.69) is 53.3 Å². The maximum Gasteiger partial charge on any atom is 0.128 e. The number of likely N-dealkylation sites (N-methyl/N-ethyl adjacent to an activating group) is 1. The Hall–Kier alpha value is -1.13. The molecule has 2 unspecified atom stereocenters. The van der Waals surface area contributed by atoms with Gasteiger partial charge in [-0.1, -0.05) is 0 Å². The van der Waals surface area contributed by atoms with Crippen molar-refractivity contribution in [2.24, 2.45) is 0 Å². The molecule has 2 heterocycles. The van der Waals surface area contributed by atoms with Gasteiger partial charge in [0.2, 0.25) is 0 Å². The van der Waals surface area contributed by atoms with Gasteiger partial charge in [0.25, 0.3) is 0 Å². The maximum atomic E-state index is 4.51. The first-order valence-corrected chi connectivity index (χ1v) is 6.66. The van der Waals surface area contributed by atoms with Crippen molar-refractivity contribution in [1.29, 1.82) is 0 Å². The van der Waals surface area contributed by atoms with Crippen LogP contribution in [-0.2, 0) is 0 Å². The first kappa shape index (κ1) is 13.3. The molecule has 2 atom stereocenters. The van der Waals surface area contributed by atoms with Crippen molar-refractivity contribution in [1.82, 2.24) is 15.2 Å². The highest BCUT2D eigenvalue weighted by molar-refractivity contribution is 5.43. The number of rotatable bonds is 4. The highest BCUT2D eigenvalue weighted by atomic mass is 15.3. The van der Waals surface area contributed by atoms with E-state index in [0.29, 0.717) is 12.1 Å². The number of hydrogen-bond donors (Lipinski definition) is 1. The zero-order chi connectivity index (χ0) is 13.1. The van der Waals surface area contributed by atoms with Crippen LogP contribution in [0.2, 0.25) is 0 Å². The number of nitrogens with zero attached hydrogens (tertiary/aromatic N) is 3. The van der Waals surface area contributed by atoms with Crippen LogP contribution in [0.15, 0.2) is 18.3 Å². The molecule has 1 saturated heterocycles. The molecule has 1 aliphatic rings. The molecule has 0 amide bonds. The van der Waals surface area contributed by atoms with Gasteiger partial charge in [0, 0.05) is 31.4 Å². The Morgan fingerprint density at radius 2 is 2.28 bits per heavy atom. The SMILES string of the molecule is CNC(C)c1ccnc(N2CCC(N(C)C)C2)c1. The minimum Gasteiger partial charge on any atom is -0.355 e. The van der Waals surface area contributed by atoms with Crippen LogP contribution in [0.25, 0.3) is 0 Å². The zero-order valence-corrected chi connectivity index (χ0v) is 11.8. The van der Waals surface area contributed by atoms with Gasteiger partial charge in [-0.3, -0.25) is 0 Å². The van der Waals surface area contributed by atoms with Crippen molar-refractivity contribution < 1.29 is 0 Å². The van der Waals surface area contributed by atoms with Crippen LogP contribution in [0.5, 0.6) is 0 Å². The van der Waals surface area contributed by atoms with Crippen LogP contribution < -0.4 is 10.2 Å². The normalized spacial score (nSPS) is 21.6. The molecule has 18 heavy (non-hydrogen) atoms. The number of nitrogens with one attached hydrogen (secondary N) is 1. The third-order valence-corrected chi connectivity index (χ3v) is 3.92. The van der Waals surface area contributed by atoms with Gasteiger partial charge in [-0.2, -0.15) is 0 Å². The first-order chi connectivity index (χ1) is 8.61. The highest BCUT2D eigenvalue weighted by Gasteiger charge is 2.24. The Bertz CT molecular complexity index is 391. The largest absolute Gasteiger partial charge is 0.355 e. The Morgan fingerprint density at radius 1 is 1.50 bits per heavy atom. The predicted octanol–water partition coefficient (Wildman–Crippen LogP) is 1.50. The summed E-state index contributed by atoms with van der Waals surface area (Å²) in [5.41, 5.74) is 1.30. The lowest BCUT2D eigenvalue weighted by Crippen LogP contribution is -2.31. The molecule has 0 saturated carbocycles. The van der Waals surface area contributed by atoms with E-state index >= 15 is 0 Å². The second-order valence-electron chi connectivity index (χ2n) is 5.31. The molecule has 4 heteroatoms. The number of hydrogen-bond acceptors (Lipinski definition) is 4. The molecule has 0 aliphatic carbocycles. The summed E-state index contributed by atoms with van der Waals surface area (Å²) in [6.45, 7) is 4.36. The van der Waals surface area contributed by atoms with Crippen LogP contribution >= 0.6 is 0 Å². The van der Waals surface area contributed by atoms with E-state index < -0.39 is 0 Å². The fourth-order valence-corrected chi connectivity index (χ4v) is 2.41. The molecular formula is C14H24N4. The van der Waals surface area contributed by atoms with E-state index in [9.17, 15) is 0 Å². The highest BCUT2D eigenvalue weighted by Crippen LogP contribution is 2.22. The molecule has 1 aromatic rings. The van der Waals surface area contributed by atoms with E-state index in [1.54, 1.807) is 0 Å². The van der Waals surface area contributed by atoms with E-state index in [0.717, 1.165) is 18.9 Å². The van der Waals surface area contributed by atoms with Crippen LogP contribution in [0, 0.1) is 0 Å². The van der Waals surface area contributed by atoms with Crippen molar-refractivity contribution in [3.05, 3.63) is 23.9 Å². The molecule has 4 nitrogen and oxygen atoms in total. The molecule has 1 fully saturated rings. The third-order valence-electron chi connectivity index (χ3n) is 3.92. The molecule has 100 valence electrons. The predicted molar refractivity (Wildman–Crippen MR) is 76.0 cm³/mol. The topological polar surface area (TPSA) is 31.4 Å². The zero-order valence-electron chi connectivity index (χ0n) is 11.8. The minimum atomic E-state index is 0.374. The molecule has 0 bridgehead atoms. The quantitative estimate of drug-likeness (QED) is 0.875. The fourth-order valence-electron chi connectivity index (χ4n) is 2.41. The van der Waals surface area contributed by atoms with Gasteiger partial charge in [0.1, 0.15) is 5.82 Å².